The molecule has 2 heterocycles. The van der Waals surface area contributed by atoms with Gasteiger partial charge in [0.1, 0.15) is 5.82 Å². The van der Waals surface area contributed by atoms with Gasteiger partial charge in [-0.2, -0.15) is 5.21 Å². The van der Waals surface area contributed by atoms with Gasteiger partial charge in [-0.05, 0) is 60.2 Å². The SMILES string of the molecule is O=C(CNc1cccc(-c2nn[nH]n2)c1)N1CCC(Cc2ccc(F)cc2)CC1. The summed E-state index contributed by atoms with van der Waals surface area (Å²) < 4.78 is 13.0. The van der Waals surface area contributed by atoms with E-state index in [9.17, 15) is 9.18 Å². The molecule has 0 saturated carbocycles. The first-order chi connectivity index (χ1) is 14.2. The van der Waals surface area contributed by atoms with Crippen molar-refractivity contribution in [1.82, 2.24) is 25.5 Å². The second kappa shape index (κ2) is 8.81. The predicted molar refractivity (Wildman–Crippen MR) is 108 cm³/mol. The molecule has 4 rings (SSSR count). The number of tetrazole rings is 1. The van der Waals surface area contributed by atoms with Crippen LogP contribution in [-0.2, 0) is 11.2 Å². The Labute approximate surface area is 168 Å². The molecule has 1 aliphatic rings. The Bertz CT molecular complexity index is 936. The van der Waals surface area contributed by atoms with Crippen LogP contribution in [0.3, 0.4) is 0 Å². The van der Waals surface area contributed by atoms with Gasteiger partial charge in [-0.15, -0.1) is 10.2 Å². The Morgan fingerprint density at radius 2 is 1.97 bits per heavy atom. The van der Waals surface area contributed by atoms with Crippen molar-refractivity contribution in [3.63, 3.8) is 0 Å². The fourth-order valence-electron chi connectivity index (χ4n) is 3.68. The number of benzene rings is 2. The zero-order chi connectivity index (χ0) is 20.1. The van der Waals surface area contributed by atoms with Crippen molar-refractivity contribution >= 4 is 11.6 Å². The largest absolute Gasteiger partial charge is 0.376 e. The Kier molecular flexibility index (Phi) is 5.79. The summed E-state index contributed by atoms with van der Waals surface area (Å²) >= 11 is 0. The van der Waals surface area contributed by atoms with Crippen molar-refractivity contribution < 1.29 is 9.18 Å². The third-order valence-electron chi connectivity index (χ3n) is 5.31. The first kappa shape index (κ1) is 19.0. The molecule has 0 aliphatic carbocycles. The van der Waals surface area contributed by atoms with E-state index < -0.39 is 0 Å². The zero-order valence-electron chi connectivity index (χ0n) is 16.0. The van der Waals surface area contributed by atoms with E-state index in [1.54, 1.807) is 0 Å². The first-order valence-electron chi connectivity index (χ1n) is 9.77. The summed E-state index contributed by atoms with van der Waals surface area (Å²) in [5.41, 5.74) is 2.82. The molecule has 1 fully saturated rings. The van der Waals surface area contributed by atoms with E-state index in [0.717, 1.165) is 49.2 Å². The van der Waals surface area contributed by atoms with Gasteiger partial charge in [0.05, 0.1) is 6.54 Å². The molecule has 1 aromatic heterocycles. The Balaban J connectivity index is 1.25. The number of nitrogens with one attached hydrogen (secondary N) is 2. The summed E-state index contributed by atoms with van der Waals surface area (Å²) in [6, 6.07) is 14.3. The number of H-pyrrole nitrogens is 1. The number of likely N-dealkylation sites (tertiary alicyclic amines) is 1. The molecule has 29 heavy (non-hydrogen) atoms. The first-order valence-corrected chi connectivity index (χ1v) is 9.77. The van der Waals surface area contributed by atoms with E-state index in [2.05, 4.69) is 25.9 Å². The van der Waals surface area contributed by atoms with Crippen LogP contribution in [0.15, 0.2) is 48.5 Å². The molecular formula is C21H23FN6O. The minimum absolute atomic E-state index is 0.0928. The van der Waals surface area contributed by atoms with Gasteiger partial charge in [0.2, 0.25) is 11.7 Å². The van der Waals surface area contributed by atoms with Crippen LogP contribution < -0.4 is 5.32 Å². The van der Waals surface area contributed by atoms with Gasteiger partial charge in [-0.25, -0.2) is 4.39 Å². The van der Waals surface area contributed by atoms with Gasteiger partial charge >= 0.3 is 0 Å². The number of nitrogens with zero attached hydrogens (tertiary/aromatic N) is 4. The van der Waals surface area contributed by atoms with E-state index in [1.807, 2.05) is 41.3 Å². The second-order valence-corrected chi connectivity index (χ2v) is 7.32. The topological polar surface area (TPSA) is 86.8 Å². The number of aromatic nitrogens is 4. The third kappa shape index (κ3) is 4.96. The summed E-state index contributed by atoms with van der Waals surface area (Å²) in [6.45, 7) is 1.77. The predicted octanol–water partition coefficient (Wildman–Crippen LogP) is 2.90. The molecule has 2 aromatic carbocycles. The number of piperidine rings is 1. The summed E-state index contributed by atoms with van der Waals surface area (Å²) in [7, 11) is 0. The highest BCUT2D eigenvalue weighted by molar-refractivity contribution is 5.81. The van der Waals surface area contributed by atoms with E-state index in [0.29, 0.717) is 11.7 Å². The quantitative estimate of drug-likeness (QED) is 0.671. The van der Waals surface area contributed by atoms with Crippen LogP contribution in [0, 0.1) is 11.7 Å². The molecule has 0 spiro atoms. The minimum Gasteiger partial charge on any atom is -0.376 e. The number of amides is 1. The number of aromatic amines is 1. The van der Waals surface area contributed by atoms with Gasteiger partial charge in [0.25, 0.3) is 0 Å². The fourth-order valence-corrected chi connectivity index (χ4v) is 3.68. The fraction of sp³-hybridized carbons (Fsp3) is 0.333. The maximum atomic E-state index is 13.0. The molecular weight excluding hydrogens is 371 g/mol. The number of carbonyl (C=O) groups excluding carboxylic acids is 1. The molecule has 7 nitrogen and oxygen atoms in total. The maximum absolute atomic E-state index is 13.0. The van der Waals surface area contributed by atoms with Crippen molar-refractivity contribution in [3.8, 4) is 11.4 Å². The van der Waals surface area contributed by atoms with Crippen LogP contribution >= 0.6 is 0 Å². The van der Waals surface area contributed by atoms with Crippen molar-refractivity contribution in [1.29, 1.82) is 0 Å². The molecule has 0 radical (unpaired) electrons. The molecule has 3 aromatic rings. The lowest BCUT2D eigenvalue weighted by molar-refractivity contribution is -0.130. The second-order valence-electron chi connectivity index (χ2n) is 7.32. The van der Waals surface area contributed by atoms with E-state index >= 15 is 0 Å². The van der Waals surface area contributed by atoms with Crippen LogP contribution in [0.1, 0.15) is 18.4 Å². The molecule has 1 aliphatic heterocycles. The molecule has 2 N–H and O–H groups in total. The van der Waals surface area contributed by atoms with Gasteiger partial charge < -0.3 is 10.2 Å². The molecule has 0 unspecified atom stereocenters. The number of halogens is 1. The number of hydrogen-bond acceptors (Lipinski definition) is 5. The van der Waals surface area contributed by atoms with E-state index in [1.165, 1.54) is 12.1 Å². The van der Waals surface area contributed by atoms with E-state index in [-0.39, 0.29) is 18.3 Å². The number of rotatable bonds is 6. The number of hydrogen-bond donors (Lipinski definition) is 2. The molecule has 0 bridgehead atoms. The molecule has 150 valence electrons. The zero-order valence-corrected chi connectivity index (χ0v) is 16.0. The van der Waals surface area contributed by atoms with Crippen LogP contribution in [0.25, 0.3) is 11.4 Å². The van der Waals surface area contributed by atoms with Crippen molar-refractivity contribution in [2.75, 3.05) is 25.0 Å². The molecule has 1 saturated heterocycles. The summed E-state index contributed by atoms with van der Waals surface area (Å²) in [4.78, 5) is 14.5. The normalized spacial score (nSPS) is 14.7. The number of carbonyl (C=O) groups is 1. The highest BCUT2D eigenvalue weighted by Gasteiger charge is 2.22. The van der Waals surface area contributed by atoms with E-state index in [4.69, 9.17) is 0 Å². The van der Waals surface area contributed by atoms with Crippen LogP contribution in [0.5, 0.6) is 0 Å². The molecule has 0 atom stereocenters. The summed E-state index contributed by atoms with van der Waals surface area (Å²) in [5.74, 6) is 0.937. The summed E-state index contributed by atoms with van der Waals surface area (Å²) in [5, 5.41) is 17.1. The van der Waals surface area contributed by atoms with Gasteiger partial charge in [-0.3, -0.25) is 4.79 Å². The lowest BCUT2D eigenvalue weighted by Gasteiger charge is -2.32. The highest BCUT2D eigenvalue weighted by atomic mass is 19.1. The van der Waals surface area contributed by atoms with Gasteiger partial charge in [0, 0.05) is 24.3 Å². The minimum atomic E-state index is -0.204. The van der Waals surface area contributed by atoms with Crippen molar-refractivity contribution in [2.45, 2.75) is 19.3 Å². The lowest BCUT2D eigenvalue weighted by atomic mass is 9.90. The summed E-state index contributed by atoms with van der Waals surface area (Å²) in [6.07, 6.45) is 2.87. The van der Waals surface area contributed by atoms with Crippen LogP contribution in [-0.4, -0.2) is 51.1 Å². The Morgan fingerprint density at radius 1 is 1.17 bits per heavy atom. The Hall–Kier alpha value is -3.29. The van der Waals surface area contributed by atoms with Crippen LogP contribution in [0.4, 0.5) is 10.1 Å². The van der Waals surface area contributed by atoms with Gasteiger partial charge in [0.15, 0.2) is 0 Å². The average Bonchev–Trinajstić information content (AvgIpc) is 3.29. The van der Waals surface area contributed by atoms with Crippen LogP contribution in [0.2, 0.25) is 0 Å². The monoisotopic (exact) mass is 394 g/mol. The third-order valence-corrected chi connectivity index (χ3v) is 5.31. The smallest absolute Gasteiger partial charge is 0.241 e. The average molecular weight is 394 g/mol. The maximum Gasteiger partial charge on any atom is 0.241 e. The molecule has 1 amide bonds. The Morgan fingerprint density at radius 3 is 2.69 bits per heavy atom. The highest BCUT2D eigenvalue weighted by Crippen LogP contribution is 2.22. The van der Waals surface area contributed by atoms with Crippen molar-refractivity contribution in [3.05, 3.63) is 59.9 Å². The van der Waals surface area contributed by atoms with Gasteiger partial charge in [-0.1, -0.05) is 24.3 Å². The molecule has 8 heteroatoms. The lowest BCUT2D eigenvalue weighted by Crippen LogP contribution is -2.41. The van der Waals surface area contributed by atoms with Crippen molar-refractivity contribution in [2.24, 2.45) is 5.92 Å². The number of anilines is 1. The standard InChI is InChI=1S/C21H23FN6O/c22-18-6-4-15(5-7-18)12-16-8-10-28(11-9-16)20(29)14-23-19-3-1-2-17(13-19)21-24-26-27-25-21/h1-7,13,16,23H,8-12,14H2,(H,24,25,26,27).